The molecule has 21 heavy (non-hydrogen) atoms. The Hall–Kier alpha value is -1.75. The molecule has 2 rings (SSSR count). The normalized spacial score (nSPS) is 28.9. The second-order valence-electron chi connectivity index (χ2n) is 5.85. The first kappa shape index (κ1) is 15.6. The van der Waals surface area contributed by atoms with Crippen LogP contribution in [0.25, 0.3) is 0 Å². The van der Waals surface area contributed by atoms with Crippen molar-refractivity contribution in [1.82, 2.24) is 0 Å². The minimum absolute atomic E-state index is 0.345. The van der Waals surface area contributed by atoms with Crippen molar-refractivity contribution >= 4 is 11.6 Å². The summed E-state index contributed by atoms with van der Waals surface area (Å²) >= 11 is 0. The van der Waals surface area contributed by atoms with Crippen molar-refractivity contribution in [3.05, 3.63) is 24.3 Å². The fraction of sp³-hybridized carbons (Fsp3) is 0.562. The number of nitrogens with two attached hydrogens (primary N) is 1. The largest absolute Gasteiger partial charge is 0.495 e. The van der Waals surface area contributed by atoms with Crippen molar-refractivity contribution in [2.75, 3.05) is 19.0 Å². The molecule has 0 radical (unpaired) electrons. The topological polar surface area (TPSA) is 73.6 Å². The van der Waals surface area contributed by atoms with Gasteiger partial charge in [-0.05, 0) is 25.5 Å². The summed E-state index contributed by atoms with van der Waals surface area (Å²) in [6.07, 6.45) is 1.93. The van der Waals surface area contributed by atoms with Gasteiger partial charge in [0.1, 0.15) is 11.3 Å². The molecule has 0 bridgehead atoms. The number of para-hydroxylation sites is 2. The molecule has 1 aliphatic rings. The van der Waals surface area contributed by atoms with Gasteiger partial charge in [0.05, 0.1) is 25.0 Å². The van der Waals surface area contributed by atoms with Gasteiger partial charge < -0.3 is 20.5 Å². The summed E-state index contributed by atoms with van der Waals surface area (Å²) in [6.45, 7) is 4.59. The Balaban J connectivity index is 2.33. The first-order valence-corrected chi connectivity index (χ1v) is 7.30. The van der Waals surface area contributed by atoms with Crippen LogP contribution in [0.4, 0.5) is 5.69 Å². The monoisotopic (exact) mass is 292 g/mol. The minimum atomic E-state index is -0.808. The second-order valence-corrected chi connectivity index (χ2v) is 5.85. The molecule has 0 saturated carbocycles. The lowest BCUT2D eigenvalue weighted by Crippen LogP contribution is -2.59. The molecule has 0 aliphatic carbocycles. The molecule has 0 aromatic heterocycles. The lowest BCUT2D eigenvalue weighted by Gasteiger charge is -2.45. The van der Waals surface area contributed by atoms with Gasteiger partial charge in [0.25, 0.3) is 0 Å². The average molecular weight is 292 g/mol. The van der Waals surface area contributed by atoms with Gasteiger partial charge in [0.15, 0.2) is 0 Å². The summed E-state index contributed by atoms with van der Waals surface area (Å²) in [4.78, 5) is 12.1. The minimum Gasteiger partial charge on any atom is -0.495 e. The number of carbonyl (C=O) groups is 1. The van der Waals surface area contributed by atoms with Gasteiger partial charge >= 0.3 is 0 Å². The van der Waals surface area contributed by atoms with E-state index in [1.807, 2.05) is 31.2 Å². The Kier molecular flexibility index (Phi) is 4.42. The Morgan fingerprint density at radius 1 is 1.48 bits per heavy atom. The predicted molar refractivity (Wildman–Crippen MR) is 82.4 cm³/mol. The quantitative estimate of drug-likeness (QED) is 0.873. The Morgan fingerprint density at radius 2 is 2.19 bits per heavy atom. The van der Waals surface area contributed by atoms with Gasteiger partial charge in [-0.15, -0.1) is 0 Å². The van der Waals surface area contributed by atoms with Crippen LogP contribution in [-0.2, 0) is 9.53 Å². The van der Waals surface area contributed by atoms with Crippen LogP contribution in [-0.4, -0.2) is 30.8 Å². The molecule has 1 amide bonds. The summed E-state index contributed by atoms with van der Waals surface area (Å²) in [7, 11) is 1.61. The molecular formula is C16H24N2O3. The molecule has 3 N–H and O–H groups in total. The zero-order valence-electron chi connectivity index (χ0n) is 12.9. The van der Waals surface area contributed by atoms with Crippen LogP contribution in [0.1, 0.15) is 33.1 Å². The SMILES string of the molecule is CCC1(C)CC(Nc2ccccc2OC)(C(N)=O)CCO1. The van der Waals surface area contributed by atoms with E-state index in [0.717, 1.165) is 12.1 Å². The average Bonchev–Trinajstić information content (AvgIpc) is 2.48. The lowest BCUT2D eigenvalue weighted by atomic mass is 9.78. The van der Waals surface area contributed by atoms with Crippen molar-refractivity contribution < 1.29 is 14.3 Å². The number of benzene rings is 1. The van der Waals surface area contributed by atoms with Crippen LogP contribution < -0.4 is 15.8 Å². The van der Waals surface area contributed by atoms with Crippen LogP contribution in [0.2, 0.25) is 0 Å². The highest BCUT2D eigenvalue weighted by Gasteiger charge is 2.46. The van der Waals surface area contributed by atoms with Crippen molar-refractivity contribution in [1.29, 1.82) is 0 Å². The van der Waals surface area contributed by atoms with E-state index in [1.165, 1.54) is 0 Å². The zero-order chi connectivity index (χ0) is 15.5. The Bertz CT molecular complexity index is 520. The van der Waals surface area contributed by atoms with Gasteiger partial charge in [-0.3, -0.25) is 4.79 Å². The van der Waals surface area contributed by atoms with Gasteiger partial charge in [-0.1, -0.05) is 19.1 Å². The second kappa shape index (κ2) is 5.93. The maximum absolute atomic E-state index is 12.1. The fourth-order valence-corrected chi connectivity index (χ4v) is 2.86. The van der Waals surface area contributed by atoms with E-state index in [-0.39, 0.29) is 11.5 Å². The van der Waals surface area contributed by atoms with Crippen molar-refractivity contribution in [3.63, 3.8) is 0 Å². The summed E-state index contributed by atoms with van der Waals surface area (Å²) in [6, 6.07) is 7.54. The standard InChI is InChI=1S/C16H24N2O3/c1-4-15(2)11-16(14(17)19,9-10-21-15)18-12-7-5-6-8-13(12)20-3/h5-8,18H,4,9-11H2,1-3H3,(H2,17,19). The predicted octanol–water partition coefficient (Wildman–Crippen LogP) is 2.31. The summed E-state index contributed by atoms with van der Waals surface area (Å²) in [5.74, 6) is 0.346. The first-order chi connectivity index (χ1) is 9.95. The highest BCUT2D eigenvalue weighted by atomic mass is 16.5. The number of ether oxygens (including phenoxy) is 2. The fourth-order valence-electron chi connectivity index (χ4n) is 2.86. The third-order valence-corrected chi connectivity index (χ3v) is 4.36. The Morgan fingerprint density at radius 3 is 2.81 bits per heavy atom. The number of primary amides is 1. The molecule has 116 valence electrons. The van der Waals surface area contributed by atoms with Crippen LogP contribution in [0.5, 0.6) is 5.75 Å². The molecule has 1 aromatic rings. The van der Waals surface area contributed by atoms with Crippen LogP contribution in [0, 0.1) is 0 Å². The lowest BCUT2D eigenvalue weighted by molar-refractivity contribution is -0.135. The molecule has 2 unspecified atom stereocenters. The maximum atomic E-state index is 12.1. The Labute approximate surface area is 125 Å². The van der Waals surface area contributed by atoms with Crippen LogP contribution in [0.3, 0.4) is 0 Å². The number of nitrogens with one attached hydrogen (secondary N) is 1. The smallest absolute Gasteiger partial charge is 0.243 e. The third-order valence-electron chi connectivity index (χ3n) is 4.36. The molecule has 1 fully saturated rings. The van der Waals surface area contributed by atoms with E-state index in [4.69, 9.17) is 15.2 Å². The molecule has 2 atom stereocenters. The molecule has 1 saturated heterocycles. The molecule has 1 aliphatic heterocycles. The van der Waals surface area contributed by atoms with E-state index in [9.17, 15) is 4.79 Å². The highest BCUT2D eigenvalue weighted by molar-refractivity contribution is 5.88. The molecular weight excluding hydrogens is 268 g/mol. The highest BCUT2D eigenvalue weighted by Crippen LogP contribution is 2.38. The van der Waals surface area contributed by atoms with Crippen molar-refractivity contribution in [2.45, 2.75) is 44.2 Å². The number of hydrogen-bond donors (Lipinski definition) is 2. The molecule has 0 spiro atoms. The van der Waals surface area contributed by atoms with Gasteiger partial charge in [-0.2, -0.15) is 0 Å². The van der Waals surface area contributed by atoms with Crippen LogP contribution >= 0.6 is 0 Å². The number of hydrogen-bond acceptors (Lipinski definition) is 4. The maximum Gasteiger partial charge on any atom is 0.243 e. The number of carbonyl (C=O) groups excluding carboxylic acids is 1. The molecule has 5 nitrogen and oxygen atoms in total. The molecule has 1 heterocycles. The van der Waals surface area contributed by atoms with Gasteiger partial charge in [-0.25, -0.2) is 0 Å². The van der Waals surface area contributed by atoms with E-state index >= 15 is 0 Å². The number of methoxy groups -OCH3 is 1. The third kappa shape index (κ3) is 3.13. The van der Waals surface area contributed by atoms with Gasteiger partial charge in [0, 0.05) is 12.8 Å². The summed E-state index contributed by atoms with van der Waals surface area (Å²) in [5, 5.41) is 3.32. The van der Waals surface area contributed by atoms with E-state index in [0.29, 0.717) is 25.2 Å². The molecule has 1 aromatic carbocycles. The number of anilines is 1. The zero-order valence-corrected chi connectivity index (χ0v) is 12.9. The summed E-state index contributed by atoms with van der Waals surface area (Å²) in [5.41, 5.74) is 5.34. The summed E-state index contributed by atoms with van der Waals surface area (Å²) < 4.78 is 11.2. The van der Waals surface area contributed by atoms with E-state index < -0.39 is 5.54 Å². The number of rotatable bonds is 5. The van der Waals surface area contributed by atoms with Crippen molar-refractivity contribution in [2.24, 2.45) is 5.73 Å². The number of amides is 1. The van der Waals surface area contributed by atoms with Crippen molar-refractivity contribution in [3.8, 4) is 5.75 Å². The first-order valence-electron chi connectivity index (χ1n) is 7.30. The van der Waals surface area contributed by atoms with E-state index in [2.05, 4.69) is 12.2 Å². The molecule has 5 heteroatoms. The van der Waals surface area contributed by atoms with Crippen LogP contribution in [0.15, 0.2) is 24.3 Å². The van der Waals surface area contributed by atoms with Gasteiger partial charge in [0.2, 0.25) is 5.91 Å². The van der Waals surface area contributed by atoms with E-state index in [1.54, 1.807) is 7.11 Å².